The van der Waals surface area contributed by atoms with Gasteiger partial charge in [0.05, 0.1) is 26.2 Å². The van der Waals surface area contributed by atoms with Crippen LogP contribution in [0.1, 0.15) is 58.8 Å². The first-order valence-corrected chi connectivity index (χ1v) is 9.76. The zero-order valence-electron chi connectivity index (χ0n) is 16.3. The molecule has 5 nitrogen and oxygen atoms in total. The number of methoxy groups -OCH3 is 1. The molecule has 0 radical (unpaired) electrons. The molecule has 5 heteroatoms. The summed E-state index contributed by atoms with van der Waals surface area (Å²) in [5, 5.41) is 10.3. The summed E-state index contributed by atoms with van der Waals surface area (Å²) in [5.41, 5.74) is 6.40. The lowest BCUT2D eigenvalue weighted by atomic mass is 9.92. The summed E-state index contributed by atoms with van der Waals surface area (Å²) in [5.74, 6) is 0.685. The molecule has 0 fully saturated rings. The Morgan fingerprint density at radius 1 is 1.46 bits per heavy atom. The highest BCUT2D eigenvalue weighted by Gasteiger charge is 2.33. The molecule has 0 heterocycles. The number of aliphatic hydroxyl groups excluding tert-OH is 1. The van der Waals surface area contributed by atoms with Crippen molar-refractivity contribution in [3.63, 3.8) is 0 Å². The second kappa shape index (κ2) is 10.5. The molecule has 2 aliphatic rings. The monoisotopic (exact) mass is 363 g/mol. The Balaban J connectivity index is 1.82. The highest BCUT2D eigenvalue weighted by Crippen LogP contribution is 2.43. The van der Waals surface area contributed by atoms with Crippen molar-refractivity contribution in [3.8, 4) is 0 Å². The maximum Gasteiger partial charge on any atom is 0.307 e. The average molecular weight is 363 g/mol. The minimum absolute atomic E-state index is 0.243. The third kappa shape index (κ3) is 5.99. The van der Waals surface area contributed by atoms with Crippen molar-refractivity contribution in [1.29, 1.82) is 0 Å². The maximum atomic E-state index is 11.1. The summed E-state index contributed by atoms with van der Waals surface area (Å²) >= 11 is 0. The number of hydrogen-bond acceptors (Lipinski definition) is 5. The van der Waals surface area contributed by atoms with Crippen LogP contribution in [0.2, 0.25) is 0 Å². The Labute approximate surface area is 157 Å². The van der Waals surface area contributed by atoms with Crippen molar-refractivity contribution in [2.75, 3.05) is 13.7 Å². The van der Waals surface area contributed by atoms with Crippen LogP contribution in [-0.4, -0.2) is 30.9 Å². The number of aliphatic hydroxyl groups is 1. The summed E-state index contributed by atoms with van der Waals surface area (Å²) in [6.45, 7) is 4.50. The van der Waals surface area contributed by atoms with Crippen molar-refractivity contribution in [2.24, 2.45) is 11.8 Å². The fourth-order valence-electron chi connectivity index (χ4n) is 3.64. The highest BCUT2D eigenvalue weighted by molar-refractivity contribution is 5.69. The quantitative estimate of drug-likeness (QED) is 0.332. The summed E-state index contributed by atoms with van der Waals surface area (Å²) in [4.78, 5) is 16.4. The van der Waals surface area contributed by atoms with Gasteiger partial charge >= 0.3 is 5.97 Å². The fourth-order valence-corrected chi connectivity index (χ4v) is 3.64. The zero-order chi connectivity index (χ0) is 18.9. The molecule has 0 spiro atoms. The molecule has 0 aromatic heterocycles. The predicted molar refractivity (Wildman–Crippen MR) is 102 cm³/mol. The lowest BCUT2D eigenvalue weighted by Crippen LogP contribution is -2.16. The number of carbonyl (C=O) groups excluding carboxylic acids is 1. The van der Waals surface area contributed by atoms with Crippen molar-refractivity contribution in [2.45, 2.75) is 64.9 Å². The van der Waals surface area contributed by atoms with Crippen LogP contribution >= 0.6 is 0 Å². The van der Waals surface area contributed by atoms with Crippen molar-refractivity contribution >= 4 is 5.97 Å². The van der Waals surface area contributed by atoms with E-state index >= 15 is 0 Å². The van der Waals surface area contributed by atoms with E-state index in [9.17, 15) is 9.90 Å². The third-order valence-electron chi connectivity index (χ3n) is 5.25. The predicted octanol–water partition coefficient (Wildman–Crippen LogP) is 3.81. The number of rotatable bonds is 11. The van der Waals surface area contributed by atoms with Crippen LogP contribution in [0.25, 0.3) is 0 Å². The van der Waals surface area contributed by atoms with E-state index in [1.54, 1.807) is 0 Å². The number of allylic oxidation sites excluding steroid dienone is 5. The van der Waals surface area contributed by atoms with E-state index in [2.05, 4.69) is 35.4 Å². The minimum atomic E-state index is -0.342. The van der Waals surface area contributed by atoms with E-state index < -0.39 is 0 Å². The van der Waals surface area contributed by atoms with E-state index in [0.29, 0.717) is 18.4 Å². The van der Waals surface area contributed by atoms with Crippen molar-refractivity contribution in [1.82, 2.24) is 5.48 Å². The molecule has 2 N–H and O–H groups in total. The summed E-state index contributed by atoms with van der Waals surface area (Å²) < 4.78 is 4.59. The van der Waals surface area contributed by atoms with Crippen LogP contribution in [0.15, 0.2) is 35.1 Å². The molecule has 146 valence electrons. The highest BCUT2D eigenvalue weighted by atomic mass is 16.6. The van der Waals surface area contributed by atoms with Gasteiger partial charge in [-0.05, 0) is 43.3 Å². The summed E-state index contributed by atoms with van der Waals surface area (Å²) in [7, 11) is 1.38. The molecule has 2 rings (SSSR count). The zero-order valence-corrected chi connectivity index (χ0v) is 16.3. The molecule has 0 aromatic carbocycles. The summed E-state index contributed by atoms with van der Waals surface area (Å²) in [6.07, 6.45) is 12.8. The van der Waals surface area contributed by atoms with Crippen molar-refractivity contribution < 1.29 is 19.5 Å². The molecule has 0 saturated carbocycles. The lowest BCUT2D eigenvalue weighted by molar-refractivity contribution is -0.142. The minimum Gasteiger partial charge on any atom is -0.469 e. The van der Waals surface area contributed by atoms with E-state index in [1.165, 1.54) is 25.5 Å². The molecule has 0 aliphatic heterocycles. The van der Waals surface area contributed by atoms with E-state index in [0.717, 1.165) is 37.0 Å². The number of nitrogens with one attached hydrogen (secondary N) is 1. The van der Waals surface area contributed by atoms with Gasteiger partial charge < -0.3 is 9.84 Å². The fraction of sp³-hybridized carbons (Fsp3) is 0.667. The first kappa shape index (κ1) is 20.7. The first-order valence-electron chi connectivity index (χ1n) is 9.76. The Morgan fingerprint density at radius 3 is 3.00 bits per heavy atom. The Bertz CT molecular complexity index is 564. The first-order chi connectivity index (χ1) is 12.5. The van der Waals surface area contributed by atoms with Gasteiger partial charge in [-0.25, -0.2) is 0 Å². The molecular formula is C21H33NO4. The van der Waals surface area contributed by atoms with E-state index in [4.69, 9.17) is 4.84 Å². The van der Waals surface area contributed by atoms with Crippen molar-refractivity contribution in [3.05, 3.63) is 35.1 Å². The third-order valence-corrected chi connectivity index (χ3v) is 5.25. The van der Waals surface area contributed by atoms with Gasteiger partial charge in [-0.2, -0.15) is 0 Å². The number of hydroxylamine groups is 1. The molecule has 0 aromatic rings. The number of hydrogen-bond donors (Lipinski definition) is 2. The van der Waals surface area contributed by atoms with E-state index in [1.807, 2.05) is 6.92 Å². The number of esters is 1. The molecule has 0 bridgehead atoms. The molecule has 3 atom stereocenters. The van der Waals surface area contributed by atoms with Gasteiger partial charge in [-0.3, -0.25) is 15.1 Å². The topological polar surface area (TPSA) is 67.8 Å². The van der Waals surface area contributed by atoms with Gasteiger partial charge in [0.1, 0.15) is 0 Å². The van der Waals surface area contributed by atoms with Crippen LogP contribution < -0.4 is 5.48 Å². The maximum absolute atomic E-state index is 11.1. The van der Waals surface area contributed by atoms with Gasteiger partial charge in [0.25, 0.3) is 0 Å². The number of unbranched alkanes of at least 4 members (excludes halogenated alkanes) is 2. The number of carbonyl (C=O) groups is 1. The standard InChI is InChI=1S/C21H33NO4/c1-4-5-6-7-20(23)15(2)12-16-8-9-17-13-18(14-19(16)17)22-26-11-10-21(24)25-3/h8,12,14,17,19-20,22-23H,4-7,9-11,13H2,1-3H3/t17-,19-,20?/m0/s1. The van der Waals surface area contributed by atoms with Crippen LogP contribution in [0.3, 0.4) is 0 Å². The normalized spacial score (nSPS) is 23.3. The molecule has 0 amide bonds. The summed E-state index contributed by atoms with van der Waals surface area (Å²) in [6, 6.07) is 0. The van der Waals surface area contributed by atoms with Crippen LogP contribution in [0, 0.1) is 11.8 Å². The molecule has 26 heavy (non-hydrogen) atoms. The van der Waals surface area contributed by atoms with Crippen LogP contribution in [0.4, 0.5) is 0 Å². The SMILES string of the molecule is CCCCCC(O)C(C)=CC1=CC[C@H]2CC(NOCCC(=O)OC)=C[C@@H]12. The van der Waals surface area contributed by atoms with Gasteiger partial charge in [-0.15, -0.1) is 0 Å². The molecule has 1 unspecified atom stereocenters. The molecule has 0 saturated heterocycles. The van der Waals surface area contributed by atoms with E-state index in [-0.39, 0.29) is 18.5 Å². The van der Waals surface area contributed by atoms with Gasteiger partial charge in [0, 0.05) is 11.6 Å². The van der Waals surface area contributed by atoms with Crippen LogP contribution in [0.5, 0.6) is 0 Å². The Hall–Kier alpha value is -1.59. The average Bonchev–Trinajstić information content (AvgIpc) is 3.20. The second-order valence-corrected chi connectivity index (χ2v) is 7.30. The number of fused-ring (bicyclic) bond motifs is 1. The Kier molecular flexibility index (Phi) is 8.39. The smallest absolute Gasteiger partial charge is 0.307 e. The van der Waals surface area contributed by atoms with Gasteiger partial charge in [-0.1, -0.05) is 44.4 Å². The molecular weight excluding hydrogens is 330 g/mol. The van der Waals surface area contributed by atoms with Gasteiger partial charge in [0.2, 0.25) is 0 Å². The van der Waals surface area contributed by atoms with Gasteiger partial charge in [0.15, 0.2) is 0 Å². The van der Waals surface area contributed by atoms with Crippen LogP contribution in [-0.2, 0) is 14.4 Å². The Morgan fingerprint density at radius 2 is 2.27 bits per heavy atom. The largest absolute Gasteiger partial charge is 0.469 e. The molecule has 2 aliphatic carbocycles. The lowest BCUT2D eigenvalue weighted by Gasteiger charge is -2.14. The number of ether oxygens (including phenoxy) is 1. The second-order valence-electron chi connectivity index (χ2n) is 7.30.